The van der Waals surface area contributed by atoms with Gasteiger partial charge in [0.1, 0.15) is 16.4 Å². The molecule has 0 aliphatic heterocycles. The smallest absolute Gasteiger partial charge is 0.340 e. The summed E-state index contributed by atoms with van der Waals surface area (Å²) in [6.45, 7) is 3.55. The van der Waals surface area contributed by atoms with Crippen molar-refractivity contribution in [1.82, 2.24) is 9.97 Å². The van der Waals surface area contributed by atoms with Crippen molar-refractivity contribution in [3.05, 3.63) is 17.1 Å². The number of nitrogens with zero attached hydrogens (tertiary/aromatic N) is 2. The molecule has 0 bridgehead atoms. The van der Waals surface area contributed by atoms with Gasteiger partial charge in [-0.1, -0.05) is 19.3 Å². The maximum atomic E-state index is 11.3. The summed E-state index contributed by atoms with van der Waals surface area (Å²) in [6.07, 6.45) is 6.47. The van der Waals surface area contributed by atoms with E-state index in [0.717, 1.165) is 5.75 Å². The van der Waals surface area contributed by atoms with E-state index in [2.05, 4.69) is 9.97 Å². The van der Waals surface area contributed by atoms with Gasteiger partial charge in [-0.05, 0) is 32.6 Å². The van der Waals surface area contributed by atoms with Crippen LogP contribution < -0.4 is 0 Å². The molecule has 0 aromatic carbocycles. The molecule has 5 heteroatoms. The molecule has 1 aliphatic carbocycles. The first-order valence-corrected chi connectivity index (χ1v) is 7.78. The summed E-state index contributed by atoms with van der Waals surface area (Å²) < 4.78 is 0. The number of aromatic carboxylic acids is 1. The van der Waals surface area contributed by atoms with Gasteiger partial charge in [-0.25, -0.2) is 14.8 Å². The standard InChI is InChI=1S/C14H20N2O2S/c1-9-12(14(17)18)13(16-10(2)15-9)19-8-11-6-4-3-5-7-11/h11H,3-8H2,1-2H3,(H,17,18). The van der Waals surface area contributed by atoms with Crippen molar-refractivity contribution in [2.24, 2.45) is 5.92 Å². The number of rotatable bonds is 4. The molecule has 19 heavy (non-hydrogen) atoms. The van der Waals surface area contributed by atoms with E-state index in [4.69, 9.17) is 0 Å². The lowest BCUT2D eigenvalue weighted by Crippen LogP contribution is -2.11. The van der Waals surface area contributed by atoms with E-state index in [1.807, 2.05) is 6.92 Å². The molecule has 0 spiro atoms. The zero-order chi connectivity index (χ0) is 13.8. The van der Waals surface area contributed by atoms with Crippen molar-refractivity contribution in [3.8, 4) is 0 Å². The Morgan fingerprint density at radius 2 is 1.95 bits per heavy atom. The van der Waals surface area contributed by atoms with Crippen LogP contribution in [0.5, 0.6) is 0 Å². The van der Waals surface area contributed by atoms with Crippen LogP contribution in [0.1, 0.15) is 54.0 Å². The van der Waals surface area contributed by atoms with E-state index in [0.29, 0.717) is 22.5 Å². The van der Waals surface area contributed by atoms with E-state index in [1.165, 1.54) is 32.1 Å². The van der Waals surface area contributed by atoms with Crippen LogP contribution in [0.2, 0.25) is 0 Å². The molecule has 1 aliphatic rings. The summed E-state index contributed by atoms with van der Waals surface area (Å²) in [7, 11) is 0. The van der Waals surface area contributed by atoms with Crippen molar-refractivity contribution in [3.63, 3.8) is 0 Å². The van der Waals surface area contributed by atoms with E-state index < -0.39 is 5.97 Å². The Bertz CT molecular complexity index is 471. The number of aromatic nitrogens is 2. The third-order valence-electron chi connectivity index (χ3n) is 3.56. The first-order chi connectivity index (χ1) is 9.08. The highest BCUT2D eigenvalue weighted by Crippen LogP contribution is 2.31. The van der Waals surface area contributed by atoms with Crippen LogP contribution in [0.3, 0.4) is 0 Å². The second-order valence-corrected chi connectivity index (χ2v) is 6.17. The molecule has 1 N–H and O–H groups in total. The summed E-state index contributed by atoms with van der Waals surface area (Å²) in [6, 6.07) is 0. The Balaban J connectivity index is 2.12. The van der Waals surface area contributed by atoms with Crippen LogP contribution in [0.4, 0.5) is 0 Å². The first-order valence-electron chi connectivity index (χ1n) is 6.79. The number of hydrogen-bond acceptors (Lipinski definition) is 4. The lowest BCUT2D eigenvalue weighted by atomic mass is 9.91. The lowest BCUT2D eigenvalue weighted by molar-refractivity contribution is 0.0690. The van der Waals surface area contributed by atoms with Crippen molar-refractivity contribution in [2.45, 2.75) is 51.0 Å². The van der Waals surface area contributed by atoms with Gasteiger partial charge >= 0.3 is 5.97 Å². The van der Waals surface area contributed by atoms with E-state index >= 15 is 0 Å². The van der Waals surface area contributed by atoms with E-state index in [1.54, 1.807) is 18.7 Å². The topological polar surface area (TPSA) is 63.1 Å². The van der Waals surface area contributed by atoms with Crippen molar-refractivity contribution in [2.75, 3.05) is 5.75 Å². The SMILES string of the molecule is Cc1nc(C)c(C(=O)O)c(SCC2CCCCC2)n1. The van der Waals surface area contributed by atoms with Gasteiger partial charge in [0.25, 0.3) is 0 Å². The highest BCUT2D eigenvalue weighted by atomic mass is 32.2. The van der Waals surface area contributed by atoms with E-state index in [-0.39, 0.29) is 5.56 Å². The number of carbonyl (C=O) groups is 1. The molecule has 0 unspecified atom stereocenters. The van der Waals surface area contributed by atoms with Crippen LogP contribution in [-0.4, -0.2) is 26.8 Å². The molecule has 0 radical (unpaired) electrons. The molecule has 0 amide bonds. The minimum atomic E-state index is -0.927. The molecule has 1 aromatic rings. The molecule has 4 nitrogen and oxygen atoms in total. The Morgan fingerprint density at radius 3 is 2.58 bits per heavy atom. The van der Waals surface area contributed by atoms with Crippen LogP contribution in [0.25, 0.3) is 0 Å². The Kier molecular flexibility index (Phi) is 4.80. The van der Waals surface area contributed by atoms with Crippen LogP contribution in [0, 0.1) is 19.8 Å². The van der Waals surface area contributed by atoms with Crippen molar-refractivity contribution in [1.29, 1.82) is 0 Å². The second-order valence-electron chi connectivity index (χ2n) is 5.16. The van der Waals surface area contributed by atoms with Gasteiger partial charge in [0.15, 0.2) is 0 Å². The molecular weight excluding hydrogens is 260 g/mol. The number of carboxylic acids is 1. The number of aryl methyl sites for hydroxylation is 2. The molecule has 104 valence electrons. The largest absolute Gasteiger partial charge is 0.478 e. The number of thioether (sulfide) groups is 1. The van der Waals surface area contributed by atoms with Gasteiger partial charge in [0.2, 0.25) is 0 Å². The average Bonchev–Trinajstić information content (AvgIpc) is 2.36. The maximum Gasteiger partial charge on any atom is 0.340 e. The highest BCUT2D eigenvalue weighted by molar-refractivity contribution is 7.99. The minimum Gasteiger partial charge on any atom is -0.478 e. The predicted molar refractivity (Wildman–Crippen MR) is 75.8 cm³/mol. The third-order valence-corrected chi connectivity index (χ3v) is 4.77. The fourth-order valence-electron chi connectivity index (χ4n) is 2.58. The van der Waals surface area contributed by atoms with Gasteiger partial charge in [-0.2, -0.15) is 0 Å². The van der Waals surface area contributed by atoms with E-state index in [9.17, 15) is 9.90 Å². The van der Waals surface area contributed by atoms with Crippen molar-refractivity contribution >= 4 is 17.7 Å². The highest BCUT2D eigenvalue weighted by Gasteiger charge is 2.20. The average molecular weight is 280 g/mol. The van der Waals surface area contributed by atoms with Gasteiger partial charge in [0, 0.05) is 5.75 Å². The second kappa shape index (κ2) is 6.37. The predicted octanol–water partition coefficient (Wildman–Crippen LogP) is 3.46. The molecule has 2 rings (SSSR count). The van der Waals surface area contributed by atoms with Crippen LogP contribution >= 0.6 is 11.8 Å². The van der Waals surface area contributed by atoms with Crippen LogP contribution in [0.15, 0.2) is 5.03 Å². The molecular formula is C14H20N2O2S. The lowest BCUT2D eigenvalue weighted by Gasteiger charge is -2.21. The molecule has 0 saturated heterocycles. The zero-order valence-corrected chi connectivity index (χ0v) is 12.3. The number of carboxylic acid groups (broad SMARTS) is 1. The molecule has 1 saturated carbocycles. The molecule has 1 fully saturated rings. The minimum absolute atomic E-state index is 0.270. The zero-order valence-electron chi connectivity index (χ0n) is 11.5. The summed E-state index contributed by atoms with van der Waals surface area (Å²) in [5, 5.41) is 9.91. The first kappa shape index (κ1) is 14.3. The number of hydrogen-bond donors (Lipinski definition) is 1. The Labute approximate surface area is 118 Å². The van der Waals surface area contributed by atoms with Gasteiger partial charge in [0.05, 0.1) is 5.69 Å². The summed E-state index contributed by atoms with van der Waals surface area (Å²) >= 11 is 1.58. The van der Waals surface area contributed by atoms with Crippen molar-refractivity contribution < 1.29 is 9.90 Å². The Morgan fingerprint density at radius 1 is 1.26 bits per heavy atom. The molecule has 1 aromatic heterocycles. The molecule has 1 heterocycles. The molecule has 0 atom stereocenters. The van der Waals surface area contributed by atoms with Crippen LogP contribution in [-0.2, 0) is 0 Å². The maximum absolute atomic E-state index is 11.3. The summed E-state index contributed by atoms with van der Waals surface area (Å²) in [5.74, 6) is 1.39. The Hall–Kier alpha value is -1.10. The summed E-state index contributed by atoms with van der Waals surface area (Å²) in [5.41, 5.74) is 0.831. The fourth-order valence-corrected chi connectivity index (χ4v) is 3.89. The normalized spacial score (nSPS) is 16.5. The van der Waals surface area contributed by atoms with Gasteiger partial charge in [-0.3, -0.25) is 0 Å². The monoisotopic (exact) mass is 280 g/mol. The fraction of sp³-hybridized carbons (Fsp3) is 0.643. The quantitative estimate of drug-likeness (QED) is 0.676. The van der Waals surface area contributed by atoms with Gasteiger partial charge in [-0.15, -0.1) is 11.8 Å². The van der Waals surface area contributed by atoms with Gasteiger partial charge < -0.3 is 5.11 Å². The third kappa shape index (κ3) is 3.69. The summed E-state index contributed by atoms with van der Waals surface area (Å²) in [4.78, 5) is 19.8.